The maximum absolute atomic E-state index is 13.4. The molecule has 1 amide bonds. The summed E-state index contributed by atoms with van der Waals surface area (Å²) in [6.07, 6.45) is -4.35. The van der Waals surface area contributed by atoms with Crippen molar-refractivity contribution in [1.29, 1.82) is 0 Å². The van der Waals surface area contributed by atoms with Crippen LogP contribution < -0.4 is 10.1 Å². The molecule has 0 fully saturated rings. The number of esters is 1. The van der Waals surface area contributed by atoms with E-state index < -0.39 is 29.4 Å². The molecule has 0 saturated carbocycles. The molecule has 2 rings (SSSR count). The van der Waals surface area contributed by atoms with E-state index >= 15 is 0 Å². The topological polar surface area (TPSA) is 88.1 Å². The number of nitrogens with zero attached hydrogens (tertiary/aromatic N) is 1. The Balaban J connectivity index is 2.33. The largest absolute Gasteiger partial charge is 0.466 e. The molecule has 1 aromatic carbocycles. The molecule has 0 spiro atoms. The summed E-state index contributed by atoms with van der Waals surface area (Å²) in [7, 11) is 1.13. The van der Waals surface area contributed by atoms with Crippen LogP contribution in [0.5, 0.6) is 5.75 Å². The average molecular weight is 443 g/mol. The first-order chi connectivity index (χ1) is 13.1. The number of carbonyl (C=O) groups is 2. The van der Waals surface area contributed by atoms with Crippen molar-refractivity contribution >= 4 is 40.8 Å². The van der Waals surface area contributed by atoms with Gasteiger partial charge >= 0.3 is 12.1 Å². The van der Waals surface area contributed by atoms with Crippen molar-refractivity contribution in [2.45, 2.75) is 11.7 Å². The summed E-state index contributed by atoms with van der Waals surface area (Å²) in [5.41, 5.74) is -3.25. The van der Waals surface area contributed by atoms with Crippen LogP contribution in [0.3, 0.4) is 0 Å². The van der Waals surface area contributed by atoms with E-state index in [2.05, 4.69) is 14.8 Å². The van der Waals surface area contributed by atoms with Gasteiger partial charge in [-0.15, -0.1) is 0 Å². The van der Waals surface area contributed by atoms with Gasteiger partial charge in [0.25, 0.3) is 11.5 Å². The first-order valence-electron chi connectivity index (χ1n) is 7.73. The number of benzene rings is 1. The van der Waals surface area contributed by atoms with Crippen LogP contribution in [-0.2, 0) is 14.3 Å². The van der Waals surface area contributed by atoms with Crippen LogP contribution in [0.1, 0.15) is 0 Å². The molecule has 1 heterocycles. The Hall–Kier alpha value is -2.17. The molecular formula is C16H15Cl2F3N2O5. The maximum atomic E-state index is 13.4. The minimum absolute atomic E-state index is 0.0201. The van der Waals surface area contributed by atoms with Gasteiger partial charge in [-0.25, -0.2) is 9.18 Å². The predicted octanol–water partition coefficient (Wildman–Crippen LogP) is 2.52. The molecule has 1 aliphatic rings. The average Bonchev–Trinajstić information content (AvgIpc) is 2.93. The SMILES string of the molecule is COC(=O)C1=C(Nc2ccc(Cl)c(OC(F)(F)C(F)Cl)c2)C(=O)N(CCO)C1. The van der Waals surface area contributed by atoms with Gasteiger partial charge in [-0.2, -0.15) is 8.78 Å². The number of hydrogen-bond acceptors (Lipinski definition) is 6. The number of carbonyl (C=O) groups excluding carboxylic acids is 2. The van der Waals surface area contributed by atoms with Crippen molar-refractivity contribution in [2.24, 2.45) is 0 Å². The van der Waals surface area contributed by atoms with Crippen LogP contribution in [0.2, 0.25) is 5.02 Å². The smallest absolute Gasteiger partial charge is 0.444 e. The molecule has 1 atom stereocenters. The fraction of sp³-hybridized carbons (Fsp3) is 0.375. The molecule has 0 radical (unpaired) electrons. The molecule has 0 bridgehead atoms. The highest BCUT2D eigenvalue weighted by molar-refractivity contribution is 6.32. The molecule has 12 heteroatoms. The third kappa shape index (κ3) is 4.81. The van der Waals surface area contributed by atoms with E-state index in [0.29, 0.717) is 0 Å². The number of anilines is 1. The summed E-state index contributed by atoms with van der Waals surface area (Å²) in [6.45, 7) is -0.469. The Bertz CT molecular complexity index is 804. The highest BCUT2D eigenvalue weighted by atomic mass is 35.5. The van der Waals surface area contributed by atoms with E-state index in [-0.39, 0.29) is 41.7 Å². The van der Waals surface area contributed by atoms with Gasteiger partial charge < -0.3 is 24.8 Å². The van der Waals surface area contributed by atoms with Crippen LogP contribution in [0.4, 0.5) is 18.9 Å². The Morgan fingerprint density at radius 3 is 2.71 bits per heavy atom. The minimum atomic E-state index is -4.35. The van der Waals surface area contributed by atoms with Gasteiger partial charge in [0.2, 0.25) is 0 Å². The van der Waals surface area contributed by atoms with Crippen LogP contribution in [0.25, 0.3) is 0 Å². The first kappa shape index (κ1) is 22.1. The van der Waals surface area contributed by atoms with Crippen LogP contribution in [0.15, 0.2) is 29.5 Å². The molecule has 1 aliphatic heterocycles. The minimum Gasteiger partial charge on any atom is -0.466 e. The molecular weight excluding hydrogens is 428 g/mol. The van der Waals surface area contributed by atoms with E-state index in [0.717, 1.165) is 13.2 Å². The monoisotopic (exact) mass is 442 g/mol. The molecule has 0 saturated heterocycles. The third-order valence-corrected chi connectivity index (χ3v) is 4.22. The van der Waals surface area contributed by atoms with E-state index in [1.54, 1.807) is 0 Å². The highest BCUT2D eigenvalue weighted by Gasteiger charge is 2.42. The first-order valence-corrected chi connectivity index (χ1v) is 8.55. The fourth-order valence-electron chi connectivity index (χ4n) is 2.34. The van der Waals surface area contributed by atoms with Gasteiger partial charge in [0.1, 0.15) is 11.4 Å². The number of amides is 1. The fourth-order valence-corrected chi connectivity index (χ4v) is 2.54. The molecule has 7 nitrogen and oxygen atoms in total. The lowest BCUT2D eigenvalue weighted by Gasteiger charge is -2.19. The lowest BCUT2D eigenvalue weighted by Crippen LogP contribution is -2.33. The number of aliphatic hydroxyl groups is 1. The molecule has 0 aliphatic carbocycles. The Morgan fingerprint density at radius 2 is 2.14 bits per heavy atom. The zero-order valence-corrected chi connectivity index (χ0v) is 15.9. The number of hydrogen-bond donors (Lipinski definition) is 2. The van der Waals surface area contributed by atoms with Gasteiger partial charge in [0, 0.05) is 18.3 Å². The number of methoxy groups -OCH3 is 1. The van der Waals surface area contributed by atoms with Crippen molar-refractivity contribution in [1.82, 2.24) is 4.90 Å². The summed E-state index contributed by atoms with van der Waals surface area (Å²) in [5.74, 6) is -1.99. The number of β-amino-alcohol motifs (C(OH)–C–C–N with tert-alkyl or cyclic N) is 1. The zero-order chi connectivity index (χ0) is 21.1. The molecule has 2 N–H and O–H groups in total. The van der Waals surface area contributed by atoms with Crippen LogP contribution in [-0.4, -0.2) is 60.4 Å². The van der Waals surface area contributed by atoms with Crippen LogP contribution >= 0.6 is 23.2 Å². The third-order valence-electron chi connectivity index (χ3n) is 3.65. The van der Waals surface area contributed by atoms with Gasteiger partial charge in [0.15, 0.2) is 0 Å². The maximum Gasteiger partial charge on any atom is 0.444 e. The van der Waals surface area contributed by atoms with Crippen molar-refractivity contribution < 1.29 is 37.3 Å². The van der Waals surface area contributed by atoms with Gasteiger partial charge in [0.05, 0.1) is 30.9 Å². The van der Waals surface area contributed by atoms with Crippen molar-refractivity contribution in [3.63, 3.8) is 0 Å². The molecule has 28 heavy (non-hydrogen) atoms. The number of ether oxygens (including phenoxy) is 2. The number of aliphatic hydroxyl groups excluding tert-OH is 1. The molecule has 154 valence electrons. The van der Waals surface area contributed by atoms with Gasteiger partial charge in [-0.05, 0) is 12.1 Å². The highest BCUT2D eigenvalue weighted by Crippen LogP contribution is 2.35. The normalized spacial score (nSPS) is 15.7. The number of nitrogens with one attached hydrogen (secondary N) is 1. The second kappa shape index (κ2) is 8.89. The number of rotatable bonds is 8. The lowest BCUT2D eigenvalue weighted by molar-refractivity contribution is -0.198. The van der Waals surface area contributed by atoms with Crippen molar-refractivity contribution in [2.75, 3.05) is 32.1 Å². The summed E-state index contributed by atoms with van der Waals surface area (Å²) in [4.78, 5) is 25.6. The van der Waals surface area contributed by atoms with Gasteiger partial charge in [-0.1, -0.05) is 23.2 Å². The Morgan fingerprint density at radius 1 is 1.46 bits per heavy atom. The quantitative estimate of drug-likeness (QED) is 0.475. The number of halogens is 5. The Kier molecular flexibility index (Phi) is 7.02. The predicted molar refractivity (Wildman–Crippen MR) is 94.1 cm³/mol. The lowest BCUT2D eigenvalue weighted by atomic mass is 10.2. The van der Waals surface area contributed by atoms with E-state index in [1.165, 1.54) is 17.0 Å². The second-order valence-electron chi connectivity index (χ2n) is 5.53. The summed E-state index contributed by atoms with van der Waals surface area (Å²) in [5, 5.41) is 11.4. The standard InChI is InChI=1S/C16H15Cl2F3N2O5/c1-27-14(26)9-7-23(4-5-24)13(25)12(9)22-8-2-3-10(17)11(6-8)28-16(20,21)15(18)19/h2-3,6,15,22,24H,4-5,7H2,1H3. The van der Waals surface area contributed by atoms with E-state index in [9.17, 15) is 22.8 Å². The molecule has 1 unspecified atom stereocenters. The van der Waals surface area contributed by atoms with E-state index in [1.807, 2.05) is 0 Å². The van der Waals surface area contributed by atoms with Crippen molar-refractivity contribution in [3.05, 3.63) is 34.5 Å². The van der Waals surface area contributed by atoms with Crippen LogP contribution in [0, 0.1) is 0 Å². The summed E-state index contributed by atoms with van der Waals surface area (Å²) < 4.78 is 48.4. The molecule has 1 aromatic rings. The zero-order valence-electron chi connectivity index (χ0n) is 14.3. The van der Waals surface area contributed by atoms with Gasteiger partial charge in [-0.3, -0.25) is 4.79 Å². The van der Waals surface area contributed by atoms with E-state index in [4.69, 9.17) is 28.3 Å². The van der Waals surface area contributed by atoms with Crippen molar-refractivity contribution in [3.8, 4) is 5.75 Å². The second-order valence-corrected chi connectivity index (χ2v) is 6.32. The summed E-state index contributed by atoms with van der Waals surface area (Å²) in [6, 6.07) is 3.48. The number of alkyl halides is 4. The summed E-state index contributed by atoms with van der Waals surface area (Å²) >= 11 is 10.5. The molecule has 0 aromatic heterocycles. The Labute approximate surface area is 167 Å².